The molecular formula is C24H24Cl2FN3O2. The second-order valence-corrected chi connectivity index (χ2v) is 9.69. The van der Waals surface area contributed by atoms with Crippen LogP contribution in [0, 0.1) is 5.82 Å². The van der Waals surface area contributed by atoms with E-state index in [0.717, 1.165) is 5.56 Å². The number of carbonyl (C=O) groups excluding carboxylic acids is 2. The molecule has 2 aromatic rings. The Morgan fingerprint density at radius 1 is 1.19 bits per heavy atom. The third-order valence-corrected chi connectivity index (χ3v) is 8.00. The normalized spacial score (nSPS) is 28.2. The van der Waals surface area contributed by atoms with Gasteiger partial charge in [-0.15, -0.1) is 0 Å². The lowest BCUT2D eigenvalue weighted by Crippen LogP contribution is -2.63. The van der Waals surface area contributed by atoms with Crippen LogP contribution in [0.25, 0.3) is 0 Å². The predicted molar refractivity (Wildman–Crippen MR) is 123 cm³/mol. The number of carbonyl (C=O) groups is 2. The van der Waals surface area contributed by atoms with Crippen LogP contribution in [0.5, 0.6) is 0 Å². The van der Waals surface area contributed by atoms with E-state index in [2.05, 4.69) is 16.0 Å². The summed E-state index contributed by atoms with van der Waals surface area (Å²) in [5, 5.41) is 10.4. The minimum atomic E-state index is -1.18. The van der Waals surface area contributed by atoms with Gasteiger partial charge in [0.25, 0.3) is 0 Å². The lowest BCUT2D eigenvalue weighted by atomic mass is 9.56. The van der Waals surface area contributed by atoms with E-state index < -0.39 is 28.7 Å². The molecule has 8 heteroatoms. The number of nitrogens with one attached hydrogen (secondary N) is 3. The van der Waals surface area contributed by atoms with Gasteiger partial charge >= 0.3 is 0 Å². The number of fused-ring (bicyclic) bond motifs is 3. The van der Waals surface area contributed by atoms with Crippen LogP contribution in [-0.4, -0.2) is 36.4 Å². The first-order chi connectivity index (χ1) is 15.4. The van der Waals surface area contributed by atoms with Crippen molar-refractivity contribution in [3.8, 4) is 0 Å². The van der Waals surface area contributed by atoms with Crippen molar-refractivity contribution in [2.24, 2.45) is 0 Å². The molecule has 0 unspecified atom stereocenters. The molecule has 3 aliphatic heterocycles. The molecule has 1 amide bonds. The van der Waals surface area contributed by atoms with E-state index in [1.807, 2.05) is 6.07 Å². The van der Waals surface area contributed by atoms with Gasteiger partial charge in [-0.25, -0.2) is 4.39 Å². The van der Waals surface area contributed by atoms with Crippen LogP contribution in [-0.2, 0) is 15.0 Å². The summed E-state index contributed by atoms with van der Waals surface area (Å²) in [5.74, 6) is -1.64. The number of ketones is 1. The van der Waals surface area contributed by atoms with Gasteiger partial charge in [-0.1, -0.05) is 48.3 Å². The lowest BCUT2D eigenvalue weighted by molar-refractivity contribution is -0.124. The zero-order valence-corrected chi connectivity index (χ0v) is 19.1. The molecular weight excluding hydrogens is 452 g/mol. The molecule has 168 valence electrons. The van der Waals surface area contributed by atoms with Gasteiger partial charge in [-0.3, -0.25) is 14.9 Å². The van der Waals surface area contributed by atoms with Crippen LogP contribution >= 0.6 is 23.2 Å². The number of piperidine rings is 1. The van der Waals surface area contributed by atoms with Crippen molar-refractivity contribution in [2.75, 3.05) is 18.4 Å². The topological polar surface area (TPSA) is 70.2 Å². The fraction of sp³-hybridized carbons (Fsp3) is 0.417. The molecule has 0 saturated carbocycles. The van der Waals surface area contributed by atoms with E-state index in [-0.39, 0.29) is 28.7 Å². The van der Waals surface area contributed by atoms with E-state index in [0.29, 0.717) is 36.6 Å². The molecule has 3 N–H and O–H groups in total. The van der Waals surface area contributed by atoms with Crippen LogP contribution in [0.1, 0.15) is 43.2 Å². The first kappa shape index (κ1) is 21.8. The second kappa shape index (κ2) is 7.80. The fourth-order valence-corrected chi connectivity index (χ4v) is 6.54. The highest BCUT2D eigenvalue weighted by atomic mass is 35.5. The Bertz CT molecular complexity index is 1120. The third kappa shape index (κ3) is 2.83. The minimum Gasteiger partial charge on any atom is -0.325 e. The SMILES string of the molecule is CCC(=O)[C@@H]1NC2(CCNCC2)[C@@]2(C(=O)Nc3cc(Cl)ccc32)[C@H]1c1cccc(Cl)c1F. The zero-order chi connectivity index (χ0) is 22.7. The molecule has 3 atom stereocenters. The van der Waals surface area contributed by atoms with Gasteiger partial charge < -0.3 is 10.6 Å². The Labute approximate surface area is 196 Å². The molecule has 0 aliphatic carbocycles. The average molecular weight is 476 g/mol. The highest BCUT2D eigenvalue weighted by molar-refractivity contribution is 6.31. The van der Waals surface area contributed by atoms with Gasteiger partial charge in [0.15, 0.2) is 0 Å². The van der Waals surface area contributed by atoms with Gasteiger partial charge in [0.2, 0.25) is 5.91 Å². The molecule has 3 aliphatic rings. The van der Waals surface area contributed by atoms with Gasteiger partial charge in [0.05, 0.1) is 11.1 Å². The number of anilines is 1. The maximum absolute atomic E-state index is 15.5. The first-order valence-electron chi connectivity index (χ1n) is 10.9. The van der Waals surface area contributed by atoms with Crippen LogP contribution < -0.4 is 16.0 Å². The quantitative estimate of drug-likeness (QED) is 0.622. The van der Waals surface area contributed by atoms with E-state index in [4.69, 9.17) is 23.2 Å². The van der Waals surface area contributed by atoms with Crippen molar-refractivity contribution >= 4 is 40.6 Å². The van der Waals surface area contributed by atoms with Crippen molar-refractivity contribution in [2.45, 2.75) is 49.1 Å². The summed E-state index contributed by atoms with van der Waals surface area (Å²) in [6, 6.07) is 9.39. The van der Waals surface area contributed by atoms with Gasteiger partial charge in [0, 0.05) is 28.6 Å². The van der Waals surface area contributed by atoms with E-state index in [9.17, 15) is 9.59 Å². The van der Waals surface area contributed by atoms with Gasteiger partial charge in [0.1, 0.15) is 17.0 Å². The number of benzene rings is 2. The molecule has 5 rings (SSSR count). The number of amides is 1. The molecule has 2 fully saturated rings. The highest BCUT2D eigenvalue weighted by Crippen LogP contribution is 2.61. The predicted octanol–water partition coefficient (Wildman–Crippen LogP) is 4.18. The van der Waals surface area contributed by atoms with Crippen LogP contribution in [0.2, 0.25) is 10.0 Å². The minimum absolute atomic E-state index is 0.0265. The van der Waals surface area contributed by atoms with Gasteiger partial charge in [-0.2, -0.15) is 0 Å². The number of halogens is 3. The molecule has 5 nitrogen and oxygen atoms in total. The molecule has 0 radical (unpaired) electrons. The summed E-state index contributed by atoms with van der Waals surface area (Å²) in [6.45, 7) is 3.16. The summed E-state index contributed by atoms with van der Waals surface area (Å²) in [5.41, 5.74) is -0.270. The third-order valence-electron chi connectivity index (χ3n) is 7.47. The molecule has 2 saturated heterocycles. The number of hydrogen-bond acceptors (Lipinski definition) is 4. The van der Waals surface area contributed by atoms with Gasteiger partial charge in [-0.05, 0) is 55.3 Å². The van der Waals surface area contributed by atoms with Crippen molar-refractivity contribution in [1.82, 2.24) is 10.6 Å². The Morgan fingerprint density at radius 2 is 1.94 bits per heavy atom. The van der Waals surface area contributed by atoms with Crippen molar-refractivity contribution in [3.63, 3.8) is 0 Å². The maximum atomic E-state index is 15.5. The molecule has 3 heterocycles. The fourth-order valence-electron chi connectivity index (χ4n) is 6.19. The summed E-state index contributed by atoms with van der Waals surface area (Å²) in [7, 11) is 0. The Balaban J connectivity index is 1.85. The van der Waals surface area contributed by atoms with E-state index in [1.54, 1.807) is 31.2 Å². The van der Waals surface area contributed by atoms with Crippen molar-refractivity contribution in [3.05, 3.63) is 63.4 Å². The van der Waals surface area contributed by atoms with Crippen molar-refractivity contribution in [1.29, 1.82) is 0 Å². The molecule has 0 bridgehead atoms. The summed E-state index contributed by atoms with van der Waals surface area (Å²) in [4.78, 5) is 27.2. The maximum Gasteiger partial charge on any atom is 0.237 e. The molecule has 2 aromatic carbocycles. The molecule has 0 aromatic heterocycles. The number of rotatable bonds is 3. The summed E-state index contributed by atoms with van der Waals surface area (Å²) < 4.78 is 15.5. The largest absolute Gasteiger partial charge is 0.325 e. The smallest absolute Gasteiger partial charge is 0.237 e. The Morgan fingerprint density at radius 3 is 2.66 bits per heavy atom. The Hall–Kier alpha value is -1.99. The first-order valence-corrected chi connectivity index (χ1v) is 11.7. The highest BCUT2D eigenvalue weighted by Gasteiger charge is 2.72. The van der Waals surface area contributed by atoms with Crippen molar-refractivity contribution < 1.29 is 14.0 Å². The summed E-state index contributed by atoms with van der Waals surface area (Å²) >= 11 is 12.4. The standard InChI is InChI=1S/C24H24Cl2FN3O2/c1-2-18(31)21-19(14-4-3-5-16(26)20(14)27)24(23(30-21)8-10-28-11-9-23)15-7-6-13(25)12-17(15)29-22(24)32/h3-7,12,19,21,28,30H,2,8-11H2,1H3,(H,29,32)/t19-,21-,24+/m0/s1. The van der Waals surface area contributed by atoms with Crippen LogP contribution in [0.3, 0.4) is 0 Å². The van der Waals surface area contributed by atoms with Crippen LogP contribution in [0.15, 0.2) is 36.4 Å². The number of hydrogen-bond donors (Lipinski definition) is 3. The van der Waals surface area contributed by atoms with Crippen LogP contribution in [0.4, 0.5) is 10.1 Å². The summed E-state index contributed by atoms with van der Waals surface area (Å²) in [6.07, 6.45) is 1.51. The Kier molecular flexibility index (Phi) is 5.32. The monoisotopic (exact) mass is 475 g/mol. The lowest BCUT2D eigenvalue weighted by Gasteiger charge is -2.47. The molecule has 2 spiro atoms. The number of Topliss-reactive ketones (excluding diaryl/α,β-unsaturated/α-hetero) is 1. The van der Waals surface area contributed by atoms with E-state index >= 15 is 4.39 Å². The average Bonchev–Trinajstić information content (AvgIpc) is 3.23. The molecule has 32 heavy (non-hydrogen) atoms. The second-order valence-electron chi connectivity index (χ2n) is 8.85. The van der Waals surface area contributed by atoms with E-state index in [1.165, 1.54) is 6.07 Å². The zero-order valence-electron chi connectivity index (χ0n) is 17.6.